The fourth-order valence-corrected chi connectivity index (χ4v) is 5.91. The number of sulfonamides is 1. The molecule has 0 amide bonds. The van der Waals surface area contributed by atoms with E-state index >= 15 is 0 Å². The Kier molecular flexibility index (Phi) is 3.46. The van der Waals surface area contributed by atoms with Gasteiger partial charge in [0.2, 0.25) is 0 Å². The molecule has 2 heterocycles. The van der Waals surface area contributed by atoms with Gasteiger partial charge in [-0.1, -0.05) is 0 Å². The van der Waals surface area contributed by atoms with Gasteiger partial charge < -0.3 is 5.73 Å². The Balaban J connectivity index is 2.27. The largest absolute Gasteiger partial charge is 0.398 e. The van der Waals surface area contributed by atoms with E-state index < -0.39 is 10.0 Å². The van der Waals surface area contributed by atoms with Gasteiger partial charge in [-0.3, -0.25) is 0 Å². The zero-order valence-corrected chi connectivity index (χ0v) is 12.3. The standard InChI is InChI=1S/C10H16N2O2S3/c1-10(2)7-12(3-4-16-10)17(13,14)9-5-8(11)6-15-9/h5-6H,3-4,7,11H2,1-2H3. The second-order valence-electron chi connectivity index (χ2n) is 4.65. The Bertz CT molecular complexity index is 507. The second kappa shape index (κ2) is 4.46. The lowest BCUT2D eigenvalue weighted by atomic mass is 10.2. The number of thioether (sulfide) groups is 1. The molecular formula is C10H16N2O2S3. The van der Waals surface area contributed by atoms with Crippen LogP contribution in [-0.2, 0) is 10.0 Å². The van der Waals surface area contributed by atoms with Crippen molar-refractivity contribution >= 4 is 38.8 Å². The minimum atomic E-state index is -3.35. The number of nitrogens with zero attached hydrogens (tertiary/aromatic N) is 1. The summed E-state index contributed by atoms with van der Waals surface area (Å²) in [6.07, 6.45) is 0. The minimum Gasteiger partial charge on any atom is -0.398 e. The van der Waals surface area contributed by atoms with Crippen molar-refractivity contribution in [2.75, 3.05) is 24.6 Å². The van der Waals surface area contributed by atoms with Crippen LogP contribution in [0.2, 0.25) is 0 Å². The molecule has 0 saturated carbocycles. The van der Waals surface area contributed by atoms with Gasteiger partial charge in [-0.15, -0.1) is 11.3 Å². The number of nitrogens with two attached hydrogens (primary N) is 1. The number of anilines is 1. The molecule has 0 radical (unpaired) electrons. The maximum absolute atomic E-state index is 12.4. The lowest BCUT2D eigenvalue weighted by molar-refractivity contribution is 0.388. The molecule has 0 aromatic carbocycles. The van der Waals surface area contributed by atoms with Gasteiger partial charge in [0.15, 0.2) is 0 Å². The summed E-state index contributed by atoms with van der Waals surface area (Å²) in [6.45, 7) is 5.27. The summed E-state index contributed by atoms with van der Waals surface area (Å²) in [7, 11) is -3.35. The molecule has 1 fully saturated rings. The summed E-state index contributed by atoms with van der Waals surface area (Å²) < 4.78 is 26.6. The summed E-state index contributed by atoms with van der Waals surface area (Å²) in [5.41, 5.74) is 6.09. The van der Waals surface area contributed by atoms with Gasteiger partial charge in [0, 0.05) is 34.7 Å². The van der Waals surface area contributed by atoms with Crippen LogP contribution < -0.4 is 5.73 Å². The van der Waals surface area contributed by atoms with E-state index in [1.54, 1.807) is 9.69 Å². The smallest absolute Gasteiger partial charge is 0.252 e. The molecule has 1 aromatic rings. The van der Waals surface area contributed by atoms with Crippen LogP contribution in [0.5, 0.6) is 0 Å². The zero-order valence-electron chi connectivity index (χ0n) is 9.84. The van der Waals surface area contributed by atoms with Crippen molar-refractivity contribution in [3.05, 3.63) is 11.4 Å². The molecule has 17 heavy (non-hydrogen) atoms. The normalized spacial score (nSPS) is 21.5. The number of thiophene rings is 1. The molecule has 0 aliphatic carbocycles. The van der Waals surface area contributed by atoms with Crippen LogP contribution in [0.3, 0.4) is 0 Å². The molecule has 0 bridgehead atoms. The summed E-state index contributed by atoms with van der Waals surface area (Å²) in [6, 6.07) is 1.54. The average molecular weight is 292 g/mol. The molecule has 0 spiro atoms. The van der Waals surface area contributed by atoms with Crippen molar-refractivity contribution in [1.82, 2.24) is 4.31 Å². The fraction of sp³-hybridized carbons (Fsp3) is 0.600. The van der Waals surface area contributed by atoms with E-state index in [-0.39, 0.29) is 4.75 Å². The van der Waals surface area contributed by atoms with Crippen LogP contribution in [0.25, 0.3) is 0 Å². The molecule has 1 aromatic heterocycles. The van der Waals surface area contributed by atoms with Crippen LogP contribution in [0.15, 0.2) is 15.7 Å². The van der Waals surface area contributed by atoms with Gasteiger partial charge in [-0.25, -0.2) is 8.42 Å². The summed E-state index contributed by atoms with van der Waals surface area (Å²) >= 11 is 3.00. The van der Waals surface area contributed by atoms with Crippen LogP contribution in [-0.4, -0.2) is 36.3 Å². The predicted octanol–water partition coefficient (Wildman–Crippen LogP) is 1.85. The van der Waals surface area contributed by atoms with Gasteiger partial charge >= 0.3 is 0 Å². The van der Waals surface area contributed by atoms with Gasteiger partial charge in [-0.05, 0) is 19.9 Å². The molecule has 1 saturated heterocycles. The van der Waals surface area contributed by atoms with E-state index in [4.69, 9.17) is 5.73 Å². The van der Waals surface area contributed by atoms with Crippen molar-refractivity contribution in [3.63, 3.8) is 0 Å². The molecule has 0 unspecified atom stereocenters. The van der Waals surface area contributed by atoms with Crippen molar-refractivity contribution in [2.24, 2.45) is 0 Å². The number of rotatable bonds is 2. The van der Waals surface area contributed by atoms with Crippen molar-refractivity contribution in [1.29, 1.82) is 0 Å². The Labute approximate surface area is 110 Å². The van der Waals surface area contributed by atoms with Crippen LogP contribution >= 0.6 is 23.1 Å². The predicted molar refractivity (Wildman–Crippen MR) is 74.0 cm³/mol. The molecule has 1 aliphatic rings. The minimum absolute atomic E-state index is 0.0197. The van der Waals surface area contributed by atoms with Crippen molar-refractivity contribution < 1.29 is 8.42 Å². The molecule has 7 heteroatoms. The summed E-state index contributed by atoms with van der Waals surface area (Å²) in [5, 5.41) is 1.66. The molecule has 2 rings (SSSR count). The van der Waals surface area contributed by atoms with E-state index in [1.807, 2.05) is 11.8 Å². The molecule has 1 aliphatic heterocycles. The van der Waals surface area contributed by atoms with Gasteiger partial charge in [0.25, 0.3) is 10.0 Å². The third-order valence-electron chi connectivity index (χ3n) is 2.58. The fourth-order valence-electron chi connectivity index (χ4n) is 1.77. The zero-order chi connectivity index (χ0) is 12.7. The average Bonchev–Trinajstić information content (AvgIpc) is 2.64. The quantitative estimate of drug-likeness (QED) is 0.903. The summed E-state index contributed by atoms with van der Waals surface area (Å²) in [4.78, 5) is 0. The van der Waals surface area contributed by atoms with Crippen molar-refractivity contribution in [3.8, 4) is 0 Å². The lowest BCUT2D eigenvalue weighted by Crippen LogP contribution is -2.45. The molecule has 96 valence electrons. The highest BCUT2D eigenvalue weighted by Crippen LogP contribution is 2.34. The second-order valence-corrected chi connectivity index (χ2v) is 9.52. The first-order chi connectivity index (χ1) is 7.81. The van der Waals surface area contributed by atoms with E-state index in [0.717, 1.165) is 5.75 Å². The van der Waals surface area contributed by atoms with E-state index in [0.29, 0.717) is 23.0 Å². The lowest BCUT2D eigenvalue weighted by Gasteiger charge is -2.36. The van der Waals surface area contributed by atoms with Crippen molar-refractivity contribution in [2.45, 2.75) is 22.8 Å². The number of nitrogen functional groups attached to an aromatic ring is 1. The first-order valence-corrected chi connectivity index (χ1v) is 8.60. The topological polar surface area (TPSA) is 63.4 Å². The Morgan fingerprint density at radius 1 is 1.47 bits per heavy atom. The van der Waals surface area contributed by atoms with E-state index in [1.165, 1.54) is 17.4 Å². The Hall–Kier alpha value is -0.240. The highest BCUT2D eigenvalue weighted by molar-refractivity contribution is 8.00. The maximum atomic E-state index is 12.4. The number of hydrogen-bond donors (Lipinski definition) is 1. The third-order valence-corrected chi connectivity index (χ3v) is 7.16. The summed E-state index contributed by atoms with van der Waals surface area (Å²) in [5.74, 6) is 0.840. The van der Waals surface area contributed by atoms with Gasteiger partial charge in [-0.2, -0.15) is 16.1 Å². The van der Waals surface area contributed by atoms with Gasteiger partial charge in [0.1, 0.15) is 4.21 Å². The SMILES string of the molecule is CC1(C)CN(S(=O)(=O)c2cc(N)cs2)CCS1. The maximum Gasteiger partial charge on any atom is 0.252 e. The molecule has 2 N–H and O–H groups in total. The monoisotopic (exact) mass is 292 g/mol. The highest BCUT2D eigenvalue weighted by Gasteiger charge is 2.35. The Morgan fingerprint density at radius 3 is 2.71 bits per heavy atom. The van der Waals surface area contributed by atoms with Gasteiger partial charge in [0.05, 0.1) is 0 Å². The molecule has 0 atom stereocenters. The van der Waals surface area contributed by atoms with E-state index in [2.05, 4.69) is 13.8 Å². The Morgan fingerprint density at radius 2 is 2.18 bits per heavy atom. The third kappa shape index (κ3) is 2.78. The highest BCUT2D eigenvalue weighted by atomic mass is 32.2. The first-order valence-electron chi connectivity index (χ1n) is 5.29. The molecule has 4 nitrogen and oxygen atoms in total. The molecular weight excluding hydrogens is 276 g/mol. The first kappa shape index (κ1) is 13.2. The van der Waals surface area contributed by atoms with Crippen LogP contribution in [0.4, 0.5) is 5.69 Å². The number of hydrogen-bond acceptors (Lipinski definition) is 5. The van der Waals surface area contributed by atoms with Crippen LogP contribution in [0.1, 0.15) is 13.8 Å². The van der Waals surface area contributed by atoms with Crippen LogP contribution in [0, 0.1) is 0 Å². The van der Waals surface area contributed by atoms with E-state index in [9.17, 15) is 8.42 Å².